The van der Waals surface area contributed by atoms with E-state index in [1.807, 2.05) is 19.9 Å². The Hall–Kier alpha value is -1.83. The van der Waals surface area contributed by atoms with Gasteiger partial charge in [-0.2, -0.15) is 0 Å². The van der Waals surface area contributed by atoms with E-state index in [1.54, 1.807) is 35.2 Å². The number of amides is 2. The zero-order valence-corrected chi connectivity index (χ0v) is 14.1. The molecule has 120 valence electrons. The highest BCUT2D eigenvalue weighted by atomic mass is 32.2. The first-order chi connectivity index (χ1) is 10.5. The van der Waals surface area contributed by atoms with Crippen LogP contribution in [0.3, 0.4) is 0 Å². The number of hydrogen-bond donors (Lipinski definition) is 1. The number of hydrogen-bond acceptors (Lipinski definition) is 5. The molecule has 2 amide bonds. The lowest BCUT2D eigenvalue weighted by atomic mass is 10.2. The fraction of sp³-hybridized carbons (Fsp3) is 0.571. The van der Waals surface area contributed by atoms with Gasteiger partial charge in [0.15, 0.2) is 0 Å². The summed E-state index contributed by atoms with van der Waals surface area (Å²) in [6.45, 7) is 5.58. The number of allylic oxidation sites excluding steroid dienone is 1. The van der Waals surface area contributed by atoms with Crippen LogP contribution >= 0.6 is 11.8 Å². The standard InChI is InChI=1S/C14H21N5O2S/c1-5-6-9(2)13(21)19-8-22-7-11(19)12(20)15-14-17-16-10(3)18(14)4/h6,11H,5,7-8H2,1-4H3,(H,15,17,20). The van der Waals surface area contributed by atoms with Crippen molar-refractivity contribution < 1.29 is 9.59 Å². The van der Waals surface area contributed by atoms with E-state index in [-0.39, 0.29) is 11.8 Å². The lowest BCUT2D eigenvalue weighted by Crippen LogP contribution is -2.45. The number of carbonyl (C=O) groups is 2. The molecule has 1 aliphatic heterocycles. The maximum Gasteiger partial charge on any atom is 0.250 e. The lowest BCUT2D eigenvalue weighted by Gasteiger charge is -2.23. The lowest BCUT2D eigenvalue weighted by molar-refractivity contribution is -0.133. The first kappa shape index (κ1) is 16.5. The SMILES string of the molecule is CCC=C(C)C(=O)N1CSCC1C(=O)Nc1nnc(C)n1C. The van der Waals surface area contributed by atoms with Crippen LogP contribution < -0.4 is 5.32 Å². The third-order valence-corrected chi connectivity index (χ3v) is 4.63. The highest BCUT2D eigenvalue weighted by Gasteiger charge is 2.35. The van der Waals surface area contributed by atoms with E-state index in [9.17, 15) is 9.59 Å². The van der Waals surface area contributed by atoms with Crippen LogP contribution in [0.25, 0.3) is 0 Å². The van der Waals surface area contributed by atoms with Gasteiger partial charge in [0.1, 0.15) is 11.9 Å². The first-order valence-corrected chi connectivity index (χ1v) is 8.33. The van der Waals surface area contributed by atoms with Crippen LogP contribution in [-0.4, -0.2) is 49.2 Å². The van der Waals surface area contributed by atoms with Crippen LogP contribution in [0, 0.1) is 6.92 Å². The molecule has 1 N–H and O–H groups in total. The minimum absolute atomic E-state index is 0.0823. The predicted octanol–water partition coefficient (Wildman–Crippen LogP) is 1.32. The minimum Gasteiger partial charge on any atom is -0.317 e. The molecular weight excluding hydrogens is 302 g/mol. The molecule has 0 aliphatic carbocycles. The van der Waals surface area contributed by atoms with Crippen molar-refractivity contribution in [2.24, 2.45) is 7.05 Å². The predicted molar refractivity (Wildman–Crippen MR) is 86.4 cm³/mol. The number of thioether (sulfide) groups is 1. The number of aryl methyl sites for hydroxylation is 1. The Labute approximate surface area is 134 Å². The number of anilines is 1. The van der Waals surface area contributed by atoms with Crippen molar-refractivity contribution >= 4 is 29.5 Å². The van der Waals surface area contributed by atoms with Crippen molar-refractivity contribution in [1.82, 2.24) is 19.7 Å². The highest BCUT2D eigenvalue weighted by molar-refractivity contribution is 7.99. The van der Waals surface area contributed by atoms with E-state index >= 15 is 0 Å². The maximum absolute atomic E-state index is 12.5. The van der Waals surface area contributed by atoms with Crippen molar-refractivity contribution in [3.05, 3.63) is 17.5 Å². The van der Waals surface area contributed by atoms with Gasteiger partial charge in [0.25, 0.3) is 5.91 Å². The summed E-state index contributed by atoms with van der Waals surface area (Å²) >= 11 is 1.58. The van der Waals surface area contributed by atoms with Gasteiger partial charge in [0, 0.05) is 18.4 Å². The van der Waals surface area contributed by atoms with Gasteiger partial charge in [-0.25, -0.2) is 0 Å². The van der Waals surface area contributed by atoms with Gasteiger partial charge in [0.2, 0.25) is 11.9 Å². The zero-order chi connectivity index (χ0) is 16.3. The molecule has 0 spiro atoms. The van der Waals surface area contributed by atoms with E-state index in [1.165, 1.54) is 0 Å². The third kappa shape index (κ3) is 3.32. The summed E-state index contributed by atoms with van der Waals surface area (Å²) in [5.74, 6) is 1.93. The topological polar surface area (TPSA) is 80.1 Å². The van der Waals surface area contributed by atoms with Crippen molar-refractivity contribution in [1.29, 1.82) is 0 Å². The Kier molecular flexibility index (Phi) is 5.23. The largest absolute Gasteiger partial charge is 0.317 e. The monoisotopic (exact) mass is 323 g/mol. The smallest absolute Gasteiger partial charge is 0.250 e. The molecule has 0 aromatic carbocycles. The average Bonchev–Trinajstić information content (AvgIpc) is 3.09. The quantitative estimate of drug-likeness (QED) is 0.845. The molecule has 1 atom stereocenters. The fourth-order valence-electron chi connectivity index (χ4n) is 2.19. The normalized spacial score (nSPS) is 18.6. The molecule has 1 aromatic rings. The van der Waals surface area contributed by atoms with Crippen molar-refractivity contribution in [3.63, 3.8) is 0 Å². The van der Waals surface area contributed by atoms with Crippen LogP contribution in [0.5, 0.6) is 0 Å². The first-order valence-electron chi connectivity index (χ1n) is 7.18. The second kappa shape index (κ2) is 6.95. The van der Waals surface area contributed by atoms with E-state index in [2.05, 4.69) is 15.5 Å². The Morgan fingerprint density at radius 1 is 1.45 bits per heavy atom. The summed E-state index contributed by atoms with van der Waals surface area (Å²) in [4.78, 5) is 26.5. The molecule has 1 aliphatic rings. The summed E-state index contributed by atoms with van der Waals surface area (Å²) in [6.07, 6.45) is 2.68. The second-order valence-corrected chi connectivity index (χ2v) is 6.20. The fourth-order valence-corrected chi connectivity index (χ4v) is 3.34. The number of aromatic nitrogens is 3. The van der Waals surface area contributed by atoms with Crippen LogP contribution in [0.1, 0.15) is 26.1 Å². The Balaban J connectivity index is 2.10. The Bertz CT molecular complexity index is 610. The van der Waals surface area contributed by atoms with Gasteiger partial charge in [-0.15, -0.1) is 22.0 Å². The maximum atomic E-state index is 12.5. The van der Waals surface area contributed by atoms with Crippen LogP contribution in [0.15, 0.2) is 11.6 Å². The molecule has 0 saturated carbocycles. The van der Waals surface area contributed by atoms with E-state index in [0.717, 1.165) is 6.42 Å². The van der Waals surface area contributed by atoms with Gasteiger partial charge in [0.05, 0.1) is 5.88 Å². The minimum atomic E-state index is -0.477. The number of rotatable bonds is 4. The molecule has 2 rings (SSSR count). The van der Waals surface area contributed by atoms with E-state index < -0.39 is 6.04 Å². The number of nitrogens with one attached hydrogen (secondary N) is 1. The van der Waals surface area contributed by atoms with Gasteiger partial charge in [-0.1, -0.05) is 13.0 Å². The summed E-state index contributed by atoms with van der Waals surface area (Å²) in [5, 5.41) is 10.6. The Morgan fingerprint density at radius 2 is 2.18 bits per heavy atom. The molecule has 1 saturated heterocycles. The summed E-state index contributed by atoms with van der Waals surface area (Å²) < 4.78 is 1.70. The zero-order valence-electron chi connectivity index (χ0n) is 13.3. The Morgan fingerprint density at radius 3 is 2.77 bits per heavy atom. The van der Waals surface area contributed by atoms with Gasteiger partial charge >= 0.3 is 0 Å². The van der Waals surface area contributed by atoms with Crippen LogP contribution in [-0.2, 0) is 16.6 Å². The molecule has 2 heterocycles. The second-order valence-electron chi connectivity index (χ2n) is 5.21. The van der Waals surface area contributed by atoms with Gasteiger partial charge in [-0.05, 0) is 20.3 Å². The molecule has 1 aromatic heterocycles. The molecular formula is C14H21N5O2S. The number of carbonyl (C=O) groups excluding carboxylic acids is 2. The molecule has 1 fully saturated rings. The van der Waals surface area contributed by atoms with Crippen LogP contribution in [0.4, 0.5) is 5.95 Å². The molecule has 7 nitrogen and oxygen atoms in total. The highest BCUT2D eigenvalue weighted by Crippen LogP contribution is 2.24. The molecule has 8 heteroatoms. The van der Waals surface area contributed by atoms with Gasteiger partial charge < -0.3 is 9.47 Å². The van der Waals surface area contributed by atoms with Crippen molar-refractivity contribution in [3.8, 4) is 0 Å². The number of nitrogens with zero attached hydrogens (tertiary/aromatic N) is 4. The van der Waals surface area contributed by atoms with Gasteiger partial charge in [-0.3, -0.25) is 14.9 Å². The van der Waals surface area contributed by atoms with Crippen molar-refractivity contribution in [2.75, 3.05) is 16.9 Å². The van der Waals surface area contributed by atoms with E-state index in [4.69, 9.17) is 0 Å². The van der Waals surface area contributed by atoms with Crippen LogP contribution in [0.2, 0.25) is 0 Å². The molecule has 1 unspecified atom stereocenters. The third-order valence-electron chi connectivity index (χ3n) is 3.62. The summed E-state index contributed by atoms with van der Waals surface area (Å²) in [5.41, 5.74) is 0.678. The molecule has 0 bridgehead atoms. The molecule has 22 heavy (non-hydrogen) atoms. The van der Waals surface area contributed by atoms with E-state index in [0.29, 0.717) is 29.0 Å². The average molecular weight is 323 g/mol. The summed E-state index contributed by atoms with van der Waals surface area (Å²) in [7, 11) is 1.78. The summed E-state index contributed by atoms with van der Waals surface area (Å²) in [6, 6.07) is -0.477. The molecule has 0 radical (unpaired) electrons. The van der Waals surface area contributed by atoms with Crippen molar-refractivity contribution in [2.45, 2.75) is 33.2 Å².